The van der Waals surface area contributed by atoms with Crippen LogP contribution in [-0.2, 0) is 9.59 Å². The van der Waals surface area contributed by atoms with Gasteiger partial charge < -0.3 is 10.1 Å². The lowest BCUT2D eigenvalue weighted by Gasteiger charge is -2.36. The van der Waals surface area contributed by atoms with Gasteiger partial charge in [0.15, 0.2) is 6.61 Å². The van der Waals surface area contributed by atoms with Crippen molar-refractivity contribution in [2.45, 2.75) is 39.3 Å². The van der Waals surface area contributed by atoms with Crippen molar-refractivity contribution in [3.63, 3.8) is 0 Å². The van der Waals surface area contributed by atoms with E-state index in [9.17, 15) is 9.59 Å². The lowest BCUT2D eigenvalue weighted by Crippen LogP contribution is -2.51. The van der Waals surface area contributed by atoms with Crippen molar-refractivity contribution >= 4 is 28.8 Å². The Labute approximate surface area is 151 Å². The summed E-state index contributed by atoms with van der Waals surface area (Å²) in [6.45, 7) is 7.66. The molecule has 0 saturated heterocycles. The van der Waals surface area contributed by atoms with Crippen LogP contribution in [0.1, 0.15) is 37.9 Å². The van der Waals surface area contributed by atoms with Crippen LogP contribution in [0.4, 0.5) is 5.69 Å². The van der Waals surface area contributed by atoms with Gasteiger partial charge in [-0.2, -0.15) is 11.3 Å². The highest BCUT2D eigenvalue weighted by atomic mass is 32.1. The molecule has 1 aromatic heterocycles. The normalized spacial score (nSPS) is 15.4. The van der Waals surface area contributed by atoms with Gasteiger partial charge in [-0.1, -0.05) is 6.07 Å². The third-order valence-electron chi connectivity index (χ3n) is 3.86. The summed E-state index contributed by atoms with van der Waals surface area (Å²) in [6.07, 6.45) is 0. The summed E-state index contributed by atoms with van der Waals surface area (Å²) in [6, 6.07) is 6.83. The summed E-state index contributed by atoms with van der Waals surface area (Å²) >= 11 is 1.50. The first-order valence-corrected chi connectivity index (χ1v) is 9.10. The largest absolute Gasteiger partial charge is 0.482 e. The number of carbonyl (C=O) groups is 2. The fourth-order valence-electron chi connectivity index (χ4n) is 2.85. The minimum absolute atomic E-state index is 0.0699. The van der Waals surface area contributed by atoms with Crippen LogP contribution >= 0.6 is 11.3 Å². The Kier molecular flexibility index (Phi) is 4.56. The van der Waals surface area contributed by atoms with E-state index < -0.39 is 11.6 Å². The molecule has 0 bridgehead atoms. The van der Waals surface area contributed by atoms with Gasteiger partial charge in [0, 0.05) is 5.54 Å². The van der Waals surface area contributed by atoms with E-state index in [1.165, 1.54) is 11.3 Å². The second-order valence-electron chi connectivity index (χ2n) is 7.22. The molecule has 2 amide bonds. The van der Waals surface area contributed by atoms with E-state index >= 15 is 0 Å². The number of hydrogen-bond acceptors (Lipinski definition) is 4. The number of nitrogens with one attached hydrogen (secondary N) is 1. The zero-order valence-electron chi connectivity index (χ0n) is 14.8. The van der Waals surface area contributed by atoms with Crippen LogP contribution in [0.2, 0.25) is 0 Å². The van der Waals surface area contributed by atoms with Crippen LogP contribution < -0.4 is 15.0 Å². The molecule has 25 heavy (non-hydrogen) atoms. The molecule has 0 fully saturated rings. The predicted octanol–water partition coefficient (Wildman–Crippen LogP) is 3.44. The number of thiophene rings is 1. The third-order valence-corrected chi connectivity index (χ3v) is 4.56. The Morgan fingerprint density at radius 2 is 2.08 bits per heavy atom. The van der Waals surface area contributed by atoms with Gasteiger partial charge in [0.2, 0.25) is 5.91 Å². The lowest BCUT2D eigenvalue weighted by molar-refractivity contribution is -0.128. The molecular formula is C19H22N2O3S. The van der Waals surface area contributed by atoms with Gasteiger partial charge >= 0.3 is 0 Å². The predicted molar refractivity (Wildman–Crippen MR) is 99.1 cm³/mol. The van der Waals surface area contributed by atoms with Crippen molar-refractivity contribution in [1.82, 2.24) is 5.32 Å². The third kappa shape index (κ3) is 3.69. The average Bonchev–Trinajstić information content (AvgIpc) is 3.02. The number of hydrogen-bond donors (Lipinski definition) is 1. The minimum Gasteiger partial charge on any atom is -0.482 e. The first kappa shape index (κ1) is 17.5. The van der Waals surface area contributed by atoms with Crippen LogP contribution in [-0.4, -0.2) is 24.0 Å². The maximum Gasteiger partial charge on any atom is 0.266 e. The molecule has 0 radical (unpaired) electrons. The number of nitrogens with zero attached hydrogens (tertiary/aromatic N) is 1. The van der Waals surface area contributed by atoms with Crippen LogP contribution in [0.3, 0.4) is 0 Å². The van der Waals surface area contributed by atoms with E-state index in [1.54, 1.807) is 4.90 Å². The van der Waals surface area contributed by atoms with Gasteiger partial charge in [-0.15, -0.1) is 0 Å². The Balaban J connectivity index is 2.09. The highest BCUT2D eigenvalue weighted by molar-refractivity contribution is 7.08. The maximum atomic E-state index is 13.1. The van der Waals surface area contributed by atoms with Gasteiger partial charge in [-0.3, -0.25) is 14.5 Å². The van der Waals surface area contributed by atoms with E-state index in [2.05, 4.69) is 5.32 Å². The molecule has 1 aliphatic rings. The van der Waals surface area contributed by atoms with E-state index in [4.69, 9.17) is 4.74 Å². The summed E-state index contributed by atoms with van der Waals surface area (Å²) < 4.78 is 5.55. The van der Waals surface area contributed by atoms with Crippen LogP contribution in [0, 0.1) is 6.92 Å². The van der Waals surface area contributed by atoms with E-state index in [1.807, 2.05) is 62.7 Å². The molecule has 2 aromatic rings. The minimum atomic E-state index is -0.720. The van der Waals surface area contributed by atoms with E-state index in [-0.39, 0.29) is 18.4 Å². The number of amides is 2. The van der Waals surface area contributed by atoms with Gasteiger partial charge in [0.1, 0.15) is 11.8 Å². The highest BCUT2D eigenvalue weighted by Gasteiger charge is 2.38. The smallest absolute Gasteiger partial charge is 0.266 e. The summed E-state index contributed by atoms with van der Waals surface area (Å²) in [4.78, 5) is 27.3. The summed E-state index contributed by atoms with van der Waals surface area (Å²) in [7, 11) is 0. The molecule has 1 aliphatic heterocycles. The number of fused-ring (bicyclic) bond motifs is 1. The summed E-state index contributed by atoms with van der Waals surface area (Å²) in [5, 5.41) is 6.82. The number of benzene rings is 1. The standard InChI is InChI=1S/C19H22N2O3S/c1-12-5-6-15-14(9-12)21(16(22)10-24-15)17(13-7-8-25-11-13)18(23)20-19(2,3)4/h5-9,11,17H,10H2,1-4H3,(H,20,23). The second kappa shape index (κ2) is 6.52. The van der Waals surface area contributed by atoms with Gasteiger partial charge in [-0.05, 0) is 67.8 Å². The van der Waals surface area contributed by atoms with Crippen molar-refractivity contribution in [3.8, 4) is 5.75 Å². The van der Waals surface area contributed by atoms with Crippen molar-refractivity contribution < 1.29 is 14.3 Å². The molecule has 1 aromatic carbocycles. The fraction of sp³-hybridized carbons (Fsp3) is 0.368. The molecule has 1 N–H and O–H groups in total. The molecular weight excluding hydrogens is 336 g/mol. The van der Waals surface area contributed by atoms with Gasteiger partial charge in [-0.25, -0.2) is 0 Å². The van der Waals surface area contributed by atoms with Crippen LogP contribution in [0.15, 0.2) is 35.0 Å². The first-order chi connectivity index (χ1) is 11.8. The Morgan fingerprint density at radius 3 is 2.72 bits per heavy atom. The quantitative estimate of drug-likeness (QED) is 0.914. The molecule has 2 heterocycles. The highest BCUT2D eigenvalue weighted by Crippen LogP contribution is 2.39. The molecule has 3 rings (SSSR count). The Bertz CT molecular complexity index is 793. The van der Waals surface area contributed by atoms with Crippen molar-refractivity contribution in [3.05, 3.63) is 46.2 Å². The summed E-state index contributed by atoms with van der Waals surface area (Å²) in [5.74, 6) is 0.195. The molecule has 1 atom stereocenters. The van der Waals surface area contributed by atoms with Crippen LogP contribution in [0.25, 0.3) is 0 Å². The van der Waals surface area contributed by atoms with Crippen molar-refractivity contribution in [1.29, 1.82) is 0 Å². The monoisotopic (exact) mass is 358 g/mol. The maximum absolute atomic E-state index is 13.1. The second-order valence-corrected chi connectivity index (χ2v) is 8.00. The number of anilines is 1. The number of rotatable bonds is 3. The fourth-order valence-corrected chi connectivity index (χ4v) is 3.53. The van der Waals surface area contributed by atoms with E-state index in [0.717, 1.165) is 11.1 Å². The molecule has 5 nitrogen and oxygen atoms in total. The van der Waals surface area contributed by atoms with Gasteiger partial charge in [0.25, 0.3) is 5.91 Å². The zero-order chi connectivity index (χ0) is 18.2. The molecule has 132 valence electrons. The molecule has 1 unspecified atom stereocenters. The zero-order valence-corrected chi connectivity index (χ0v) is 15.6. The Morgan fingerprint density at radius 1 is 1.32 bits per heavy atom. The lowest BCUT2D eigenvalue weighted by atomic mass is 10.0. The molecule has 6 heteroatoms. The molecule has 0 aliphatic carbocycles. The first-order valence-electron chi connectivity index (χ1n) is 8.16. The average molecular weight is 358 g/mol. The Hall–Kier alpha value is -2.34. The SMILES string of the molecule is Cc1ccc2c(c1)N(C(C(=O)NC(C)(C)C)c1ccsc1)C(=O)CO2. The molecule has 0 spiro atoms. The van der Waals surface area contributed by atoms with E-state index in [0.29, 0.717) is 11.4 Å². The van der Waals surface area contributed by atoms with Crippen molar-refractivity contribution in [2.24, 2.45) is 0 Å². The number of ether oxygens (including phenoxy) is 1. The number of aryl methyl sites for hydroxylation is 1. The van der Waals surface area contributed by atoms with Crippen molar-refractivity contribution in [2.75, 3.05) is 11.5 Å². The van der Waals surface area contributed by atoms with Gasteiger partial charge in [0.05, 0.1) is 5.69 Å². The van der Waals surface area contributed by atoms with Crippen LogP contribution in [0.5, 0.6) is 5.75 Å². The molecule has 0 saturated carbocycles. The topological polar surface area (TPSA) is 58.6 Å². The number of carbonyl (C=O) groups excluding carboxylic acids is 2. The summed E-state index contributed by atoms with van der Waals surface area (Å²) in [5.41, 5.74) is 2.05.